The summed E-state index contributed by atoms with van der Waals surface area (Å²) in [6.45, 7) is 4.14. The molecule has 1 aliphatic rings. The second-order valence-electron chi connectivity index (χ2n) is 6.38. The first kappa shape index (κ1) is 17.6. The maximum Gasteiger partial charge on any atom is 0.253 e. The summed E-state index contributed by atoms with van der Waals surface area (Å²) in [6.07, 6.45) is 0. The summed E-state index contributed by atoms with van der Waals surface area (Å²) in [4.78, 5) is 14.6. The van der Waals surface area contributed by atoms with Gasteiger partial charge in [0.05, 0.1) is 10.6 Å². The number of amides is 1. The molecule has 3 rings (SSSR count). The van der Waals surface area contributed by atoms with Crippen molar-refractivity contribution in [1.29, 1.82) is 0 Å². The molecule has 0 unspecified atom stereocenters. The number of hydrogen-bond donors (Lipinski definition) is 1. The molecule has 132 valence electrons. The van der Waals surface area contributed by atoms with Gasteiger partial charge in [-0.25, -0.2) is 8.42 Å². The molecule has 0 radical (unpaired) electrons. The Hall–Kier alpha value is -2.18. The van der Waals surface area contributed by atoms with Gasteiger partial charge in [-0.05, 0) is 36.8 Å². The maximum absolute atomic E-state index is 12.5. The average Bonchev–Trinajstić information content (AvgIpc) is 2.62. The van der Waals surface area contributed by atoms with Gasteiger partial charge < -0.3 is 10.2 Å². The van der Waals surface area contributed by atoms with E-state index in [-0.39, 0.29) is 22.6 Å². The fourth-order valence-electron chi connectivity index (χ4n) is 2.98. The van der Waals surface area contributed by atoms with Crippen molar-refractivity contribution < 1.29 is 13.2 Å². The fourth-order valence-corrected chi connectivity index (χ4v) is 4.33. The van der Waals surface area contributed by atoms with Gasteiger partial charge in [-0.2, -0.15) is 0 Å². The molecule has 1 N–H and O–H groups in total. The summed E-state index contributed by atoms with van der Waals surface area (Å²) in [5.41, 5.74) is 1.27. The number of nitrogens with one attached hydrogen (secondary N) is 1. The van der Waals surface area contributed by atoms with E-state index in [9.17, 15) is 13.2 Å². The molecule has 1 fully saturated rings. The van der Waals surface area contributed by atoms with Gasteiger partial charge in [0.15, 0.2) is 9.84 Å². The Kier molecular flexibility index (Phi) is 5.20. The lowest BCUT2D eigenvalue weighted by Gasteiger charge is -2.32. The minimum Gasteiger partial charge on any atom is -0.336 e. The molecule has 1 atom stereocenters. The number of piperazine rings is 1. The summed E-state index contributed by atoms with van der Waals surface area (Å²) in [5, 5.41) is 3.30. The third kappa shape index (κ3) is 4.27. The van der Waals surface area contributed by atoms with Crippen LogP contribution in [0.4, 0.5) is 0 Å². The highest BCUT2D eigenvalue weighted by atomic mass is 32.2. The summed E-state index contributed by atoms with van der Waals surface area (Å²) in [7, 11) is -3.42. The smallest absolute Gasteiger partial charge is 0.253 e. The molecule has 6 heteroatoms. The summed E-state index contributed by atoms with van der Waals surface area (Å²) >= 11 is 0. The van der Waals surface area contributed by atoms with Crippen LogP contribution in [-0.2, 0) is 15.6 Å². The van der Waals surface area contributed by atoms with Crippen LogP contribution in [0.3, 0.4) is 0 Å². The standard InChI is InChI=1S/C19H22N2O3S/c1-15-13-21(12-11-20-15)19(22)17-7-9-18(10-8-17)25(23,24)14-16-5-3-2-4-6-16/h2-10,15,20H,11-14H2,1H3/t15-/m0/s1. The van der Waals surface area contributed by atoms with Crippen LogP contribution in [0.25, 0.3) is 0 Å². The Labute approximate surface area is 148 Å². The molecule has 2 aromatic rings. The maximum atomic E-state index is 12.5. The van der Waals surface area contributed by atoms with Crippen molar-refractivity contribution in [2.45, 2.75) is 23.6 Å². The average molecular weight is 358 g/mol. The summed E-state index contributed by atoms with van der Waals surface area (Å²) in [5.74, 6) is -0.100. The molecule has 0 aromatic heterocycles. The molecule has 0 aliphatic carbocycles. The number of sulfone groups is 1. The topological polar surface area (TPSA) is 66.5 Å². The minimum atomic E-state index is -3.42. The summed E-state index contributed by atoms with van der Waals surface area (Å²) < 4.78 is 25.0. The quantitative estimate of drug-likeness (QED) is 0.909. The number of carbonyl (C=O) groups excluding carboxylic acids is 1. The Morgan fingerprint density at radius 2 is 1.80 bits per heavy atom. The highest BCUT2D eigenvalue weighted by molar-refractivity contribution is 7.90. The highest BCUT2D eigenvalue weighted by Gasteiger charge is 2.22. The molecule has 1 aliphatic heterocycles. The second kappa shape index (κ2) is 7.37. The molecule has 0 spiro atoms. The van der Waals surface area contributed by atoms with Crippen LogP contribution < -0.4 is 5.32 Å². The molecule has 2 aromatic carbocycles. The zero-order valence-electron chi connectivity index (χ0n) is 14.2. The number of hydrogen-bond acceptors (Lipinski definition) is 4. The summed E-state index contributed by atoms with van der Waals surface area (Å²) in [6, 6.07) is 15.6. The lowest BCUT2D eigenvalue weighted by Crippen LogP contribution is -2.51. The van der Waals surface area contributed by atoms with Gasteiger partial charge in [-0.3, -0.25) is 4.79 Å². The van der Waals surface area contributed by atoms with E-state index in [4.69, 9.17) is 0 Å². The van der Waals surface area contributed by atoms with E-state index in [2.05, 4.69) is 5.32 Å². The monoisotopic (exact) mass is 358 g/mol. The first-order valence-electron chi connectivity index (χ1n) is 8.35. The SMILES string of the molecule is C[C@H]1CN(C(=O)c2ccc(S(=O)(=O)Cc3ccccc3)cc2)CCN1. The molecule has 0 bridgehead atoms. The van der Waals surface area contributed by atoms with Crippen molar-refractivity contribution in [2.24, 2.45) is 0 Å². The van der Waals surface area contributed by atoms with Gasteiger partial charge in [0, 0.05) is 31.2 Å². The van der Waals surface area contributed by atoms with Crippen molar-refractivity contribution in [2.75, 3.05) is 19.6 Å². The Morgan fingerprint density at radius 1 is 1.12 bits per heavy atom. The lowest BCUT2D eigenvalue weighted by molar-refractivity contribution is 0.0709. The van der Waals surface area contributed by atoms with Gasteiger partial charge >= 0.3 is 0 Å². The molecule has 1 amide bonds. The van der Waals surface area contributed by atoms with E-state index in [0.717, 1.165) is 12.1 Å². The molecule has 0 saturated carbocycles. The van der Waals surface area contributed by atoms with Crippen molar-refractivity contribution in [3.63, 3.8) is 0 Å². The Morgan fingerprint density at radius 3 is 2.44 bits per heavy atom. The highest BCUT2D eigenvalue weighted by Crippen LogP contribution is 2.18. The van der Waals surface area contributed by atoms with Crippen LogP contribution in [0.1, 0.15) is 22.8 Å². The minimum absolute atomic E-state index is 0.0452. The van der Waals surface area contributed by atoms with Crippen LogP contribution >= 0.6 is 0 Å². The third-order valence-corrected chi connectivity index (χ3v) is 6.02. The van der Waals surface area contributed by atoms with Crippen LogP contribution in [0, 0.1) is 0 Å². The van der Waals surface area contributed by atoms with E-state index in [1.807, 2.05) is 25.1 Å². The largest absolute Gasteiger partial charge is 0.336 e. The van der Waals surface area contributed by atoms with Gasteiger partial charge in [-0.1, -0.05) is 30.3 Å². The number of nitrogens with zero attached hydrogens (tertiary/aromatic N) is 1. The zero-order valence-corrected chi connectivity index (χ0v) is 15.0. The predicted octanol–water partition coefficient (Wildman–Crippen LogP) is 2.09. The molecular weight excluding hydrogens is 336 g/mol. The number of rotatable bonds is 4. The van der Waals surface area contributed by atoms with E-state index >= 15 is 0 Å². The fraction of sp³-hybridized carbons (Fsp3) is 0.316. The number of carbonyl (C=O) groups is 1. The van der Waals surface area contributed by atoms with Gasteiger partial charge in [0.25, 0.3) is 5.91 Å². The van der Waals surface area contributed by atoms with Gasteiger partial charge in [0.1, 0.15) is 0 Å². The van der Waals surface area contributed by atoms with Crippen molar-refractivity contribution in [3.8, 4) is 0 Å². The second-order valence-corrected chi connectivity index (χ2v) is 8.36. The van der Waals surface area contributed by atoms with Crippen molar-refractivity contribution in [3.05, 3.63) is 65.7 Å². The van der Waals surface area contributed by atoms with E-state index in [1.54, 1.807) is 29.2 Å². The molecule has 25 heavy (non-hydrogen) atoms. The van der Waals surface area contributed by atoms with Crippen LogP contribution in [0.5, 0.6) is 0 Å². The van der Waals surface area contributed by atoms with E-state index in [1.165, 1.54) is 12.1 Å². The van der Waals surface area contributed by atoms with Gasteiger partial charge in [0.2, 0.25) is 0 Å². The van der Waals surface area contributed by atoms with E-state index in [0.29, 0.717) is 18.7 Å². The zero-order chi connectivity index (χ0) is 17.9. The first-order chi connectivity index (χ1) is 12.0. The third-order valence-electron chi connectivity index (χ3n) is 4.32. The van der Waals surface area contributed by atoms with Gasteiger partial charge in [-0.15, -0.1) is 0 Å². The molecule has 5 nitrogen and oxygen atoms in total. The molecular formula is C19H22N2O3S. The van der Waals surface area contributed by atoms with Crippen LogP contribution in [0.15, 0.2) is 59.5 Å². The van der Waals surface area contributed by atoms with Crippen molar-refractivity contribution in [1.82, 2.24) is 10.2 Å². The van der Waals surface area contributed by atoms with E-state index < -0.39 is 9.84 Å². The normalized spacial score (nSPS) is 18.1. The Balaban J connectivity index is 1.74. The van der Waals surface area contributed by atoms with Crippen molar-refractivity contribution >= 4 is 15.7 Å². The number of benzene rings is 2. The molecule has 1 saturated heterocycles. The lowest BCUT2D eigenvalue weighted by atomic mass is 10.1. The van der Waals surface area contributed by atoms with Crippen LogP contribution in [-0.4, -0.2) is 44.9 Å². The molecule has 1 heterocycles. The Bertz CT molecular complexity index is 833. The van der Waals surface area contributed by atoms with Crippen LogP contribution in [0.2, 0.25) is 0 Å². The first-order valence-corrected chi connectivity index (χ1v) is 10.0. The predicted molar refractivity (Wildman–Crippen MR) is 97.1 cm³/mol.